The van der Waals surface area contributed by atoms with E-state index in [1.807, 2.05) is 78.9 Å². The molecule has 1 atom stereocenters. The van der Waals surface area contributed by atoms with Gasteiger partial charge >= 0.3 is 0 Å². The number of benzene rings is 3. The molecule has 0 fully saturated rings. The van der Waals surface area contributed by atoms with Gasteiger partial charge in [0.25, 0.3) is 0 Å². The molecule has 3 N–H and O–H groups in total. The summed E-state index contributed by atoms with van der Waals surface area (Å²) in [4.78, 5) is 0. The minimum atomic E-state index is -0.232. The van der Waals surface area contributed by atoms with Crippen molar-refractivity contribution in [1.29, 1.82) is 0 Å². The summed E-state index contributed by atoms with van der Waals surface area (Å²) in [7, 11) is 0. The predicted octanol–water partition coefficient (Wildman–Crippen LogP) is 4.56. The fourth-order valence-electron chi connectivity index (χ4n) is 2.40. The summed E-state index contributed by atoms with van der Waals surface area (Å²) in [5.41, 5.74) is 6.81. The Morgan fingerprint density at radius 2 is 1.12 bits per heavy atom. The Bertz CT molecular complexity index is 777. The monoisotopic (exact) mass is 371 g/mol. The highest BCUT2D eigenvalue weighted by Gasteiger charge is 2.04. The number of ether oxygens (including phenoxy) is 2. The third-order valence-corrected chi connectivity index (χ3v) is 3.69. The summed E-state index contributed by atoms with van der Waals surface area (Å²) in [5, 5.41) is 9.00. The largest absolute Gasteiger partial charge is 0.457 e. The molecule has 0 unspecified atom stereocenters. The Morgan fingerprint density at radius 3 is 1.58 bits per heavy atom. The van der Waals surface area contributed by atoms with Gasteiger partial charge in [-0.05, 0) is 60.5 Å². The molecular weight excluding hydrogens is 350 g/mol. The molecule has 0 saturated heterocycles. The zero-order valence-electron chi connectivity index (χ0n) is 14.2. The van der Waals surface area contributed by atoms with Crippen LogP contribution in [0.25, 0.3) is 0 Å². The van der Waals surface area contributed by atoms with Crippen molar-refractivity contribution in [3.05, 3.63) is 84.4 Å². The molecule has 4 nitrogen and oxygen atoms in total. The molecule has 136 valence electrons. The van der Waals surface area contributed by atoms with Crippen LogP contribution in [0.4, 0.5) is 0 Å². The van der Waals surface area contributed by atoms with Crippen LogP contribution in [0, 0.1) is 0 Å². The molecular formula is C21H22ClNO3. The average Bonchev–Trinajstić information content (AvgIpc) is 2.66. The highest BCUT2D eigenvalue weighted by molar-refractivity contribution is 5.85. The smallest absolute Gasteiger partial charge is 0.127 e. The van der Waals surface area contributed by atoms with Crippen molar-refractivity contribution in [3.63, 3.8) is 0 Å². The van der Waals surface area contributed by atoms with Gasteiger partial charge in [-0.15, -0.1) is 12.4 Å². The van der Waals surface area contributed by atoms with Crippen LogP contribution in [-0.2, 0) is 6.42 Å². The minimum absolute atomic E-state index is 0. The van der Waals surface area contributed by atoms with E-state index in [1.165, 1.54) is 0 Å². The number of hydrogen-bond donors (Lipinski definition) is 2. The third-order valence-electron chi connectivity index (χ3n) is 3.69. The Kier molecular flexibility index (Phi) is 7.48. The number of aliphatic hydroxyl groups is 1. The Labute approximate surface area is 159 Å². The molecule has 3 aromatic rings. The molecule has 0 aliphatic heterocycles. The van der Waals surface area contributed by atoms with Crippen molar-refractivity contribution in [2.24, 2.45) is 5.73 Å². The van der Waals surface area contributed by atoms with Crippen molar-refractivity contribution in [3.8, 4) is 23.0 Å². The molecule has 0 spiro atoms. The van der Waals surface area contributed by atoms with Crippen molar-refractivity contribution >= 4 is 12.4 Å². The molecule has 0 bridgehead atoms. The first-order valence-corrected chi connectivity index (χ1v) is 8.19. The Hall–Kier alpha value is -2.53. The first kappa shape index (κ1) is 19.8. The van der Waals surface area contributed by atoms with Gasteiger partial charge in [-0.2, -0.15) is 0 Å². The fraction of sp³-hybridized carbons (Fsp3) is 0.143. The van der Waals surface area contributed by atoms with Crippen LogP contribution in [-0.4, -0.2) is 17.8 Å². The van der Waals surface area contributed by atoms with E-state index in [1.54, 1.807) is 0 Å². The minimum Gasteiger partial charge on any atom is -0.457 e. The van der Waals surface area contributed by atoms with Gasteiger partial charge in [-0.3, -0.25) is 0 Å². The van der Waals surface area contributed by atoms with E-state index in [9.17, 15) is 0 Å². The highest BCUT2D eigenvalue weighted by Crippen LogP contribution is 2.26. The molecule has 0 aliphatic carbocycles. The van der Waals surface area contributed by atoms with Gasteiger partial charge in [0.2, 0.25) is 0 Å². The van der Waals surface area contributed by atoms with E-state index < -0.39 is 0 Å². The maximum Gasteiger partial charge on any atom is 0.127 e. The first-order valence-electron chi connectivity index (χ1n) is 8.19. The second kappa shape index (κ2) is 9.82. The SMILES string of the molecule is Cl.N[C@H](CO)Cc1ccc(Oc2ccc(Oc3ccccc3)cc2)cc1. The first-order chi connectivity index (χ1) is 12.2. The molecule has 0 aliphatic rings. The summed E-state index contributed by atoms with van der Waals surface area (Å²) in [6, 6.07) is 24.6. The number of nitrogens with two attached hydrogens (primary N) is 1. The number of aliphatic hydroxyl groups excluding tert-OH is 1. The highest BCUT2D eigenvalue weighted by atomic mass is 35.5. The number of rotatable bonds is 7. The van der Waals surface area contributed by atoms with E-state index in [4.69, 9.17) is 20.3 Å². The number of hydrogen-bond acceptors (Lipinski definition) is 4. The Balaban J connectivity index is 0.00000243. The van der Waals surface area contributed by atoms with Crippen LogP contribution in [0.2, 0.25) is 0 Å². The molecule has 3 aromatic carbocycles. The van der Waals surface area contributed by atoms with Crippen molar-refractivity contribution in [2.45, 2.75) is 12.5 Å². The average molecular weight is 372 g/mol. The van der Waals surface area contributed by atoms with E-state index in [2.05, 4.69) is 0 Å². The molecule has 0 radical (unpaired) electrons. The molecule has 26 heavy (non-hydrogen) atoms. The zero-order chi connectivity index (χ0) is 17.5. The molecule has 0 saturated carbocycles. The topological polar surface area (TPSA) is 64.7 Å². The molecule has 5 heteroatoms. The van der Waals surface area contributed by atoms with Gasteiger partial charge in [0.15, 0.2) is 0 Å². The molecule has 0 heterocycles. The quantitative estimate of drug-likeness (QED) is 0.639. The fourth-order valence-corrected chi connectivity index (χ4v) is 2.40. The third kappa shape index (κ3) is 5.77. The van der Waals surface area contributed by atoms with Gasteiger partial charge in [-0.25, -0.2) is 0 Å². The summed E-state index contributed by atoms with van der Waals surface area (Å²) >= 11 is 0. The lowest BCUT2D eigenvalue weighted by molar-refractivity contribution is 0.265. The summed E-state index contributed by atoms with van der Waals surface area (Å²) in [5.74, 6) is 3.04. The second-order valence-electron chi connectivity index (χ2n) is 5.78. The maximum atomic E-state index is 9.00. The van der Waals surface area contributed by atoms with Crippen LogP contribution >= 0.6 is 12.4 Å². The maximum absolute atomic E-state index is 9.00. The van der Waals surface area contributed by atoms with Gasteiger partial charge in [0.1, 0.15) is 23.0 Å². The number of halogens is 1. The summed E-state index contributed by atoms with van der Waals surface area (Å²) in [6.45, 7) is -0.0182. The standard InChI is InChI=1S/C21H21NO3.ClH/c22-17(15-23)14-16-6-8-19(9-7-16)25-21-12-10-20(11-13-21)24-18-4-2-1-3-5-18;/h1-13,17,23H,14-15,22H2;1H/t17-;/m0./s1. The van der Waals surface area contributed by atoms with Crippen LogP contribution < -0.4 is 15.2 Å². The van der Waals surface area contributed by atoms with E-state index in [-0.39, 0.29) is 25.1 Å². The van der Waals surface area contributed by atoms with E-state index in [0.717, 1.165) is 28.6 Å². The van der Waals surface area contributed by atoms with E-state index >= 15 is 0 Å². The van der Waals surface area contributed by atoms with Crippen LogP contribution in [0.15, 0.2) is 78.9 Å². The van der Waals surface area contributed by atoms with Crippen molar-refractivity contribution in [1.82, 2.24) is 0 Å². The predicted molar refractivity (Wildman–Crippen MR) is 105 cm³/mol. The lowest BCUT2D eigenvalue weighted by atomic mass is 10.1. The van der Waals surface area contributed by atoms with Crippen LogP contribution in [0.3, 0.4) is 0 Å². The zero-order valence-corrected chi connectivity index (χ0v) is 15.1. The molecule has 0 aromatic heterocycles. The number of para-hydroxylation sites is 1. The Morgan fingerprint density at radius 1 is 0.692 bits per heavy atom. The lowest BCUT2D eigenvalue weighted by Gasteiger charge is -2.10. The van der Waals surface area contributed by atoms with Gasteiger partial charge in [0, 0.05) is 6.04 Å². The summed E-state index contributed by atoms with van der Waals surface area (Å²) in [6.07, 6.45) is 0.641. The lowest BCUT2D eigenvalue weighted by Crippen LogP contribution is -2.26. The van der Waals surface area contributed by atoms with Crippen LogP contribution in [0.1, 0.15) is 5.56 Å². The van der Waals surface area contributed by atoms with Gasteiger partial charge < -0.3 is 20.3 Å². The van der Waals surface area contributed by atoms with Crippen molar-refractivity contribution < 1.29 is 14.6 Å². The van der Waals surface area contributed by atoms with Crippen molar-refractivity contribution in [2.75, 3.05) is 6.61 Å². The van der Waals surface area contributed by atoms with Crippen LogP contribution in [0.5, 0.6) is 23.0 Å². The van der Waals surface area contributed by atoms with Gasteiger partial charge in [-0.1, -0.05) is 30.3 Å². The second-order valence-corrected chi connectivity index (χ2v) is 5.78. The molecule has 0 amide bonds. The van der Waals surface area contributed by atoms with Gasteiger partial charge in [0.05, 0.1) is 6.61 Å². The summed E-state index contributed by atoms with van der Waals surface area (Å²) < 4.78 is 11.6. The molecule has 3 rings (SSSR count). The normalized spacial score (nSPS) is 11.3. The van der Waals surface area contributed by atoms with E-state index in [0.29, 0.717) is 6.42 Å².